The van der Waals surface area contributed by atoms with E-state index in [2.05, 4.69) is 0 Å². The minimum Gasteiger partial charge on any atom is -0.493 e. The fourth-order valence-electron chi connectivity index (χ4n) is 4.48. The molecule has 0 spiro atoms. The van der Waals surface area contributed by atoms with Crippen LogP contribution in [0.25, 0.3) is 0 Å². The Morgan fingerprint density at radius 2 is 1.55 bits per heavy atom. The Hall–Kier alpha value is -3.66. The number of allylic oxidation sites excluding steroid dienone is 1. The van der Waals surface area contributed by atoms with Crippen LogP contribution in [-0.2, 0) is 39.8 Å². The average Bonchev–Trinajstić information content (AvgIpc) is 3.14. The van der Waals surface area contributed by atoms with Crippen LogP contribution < -0.4 is 9.47 Å². The van der Waals surface area contributed by atoms with E-state index in [0.29, 0.717) is 29.9 Å². The monoisotopic (exact) mass is 532 g/mol. The highest BCUT2D eigenvalue weighted by Gasteiger charge is 2.39. The molecule has 1 N–H and O–H groups in total. The Morgan fingerprint density at radius 1 is 0.921 bits per heavy atom. The van der Waals surface area contributed by atoms with Crippen LogP contribution >= 0.6 is 0 Å². The molecule has 0 fully saturated rings. The van der Waals surface area contributed by atoms with Gasteiger partial charge in [0.25, 0.3) is 0 Å². The SMILES string of the molecule is COc1ccc(CCCC2(O)C=CC(=O)C2=C(C)CC(OC(C)=O)C(COC(C)=O)OC(C)=O)cc1OC. The van der Waals surface area contributed by atoms with Gasteiger partial charge in [0.2, 0.25) is 0 Å². The molecule has 0 radical (unpaired) electrons. The predicted molar refractivity (Wildman–Crippen MR) is 137 cm³/mol. The van der Waals surface area contributed by atoms with Crippen LogP contribution in [0.5, 0.6) is 11.5 Å². The highest BCUT2D eigenvalue weighted by Crippen LogP contribution is 2.36. The fraction of sp³-hybridized carbons (Fsp3) is 0.500. The minimum absolute atomic E-state index is 0.0282. The maximum Gasteiger partial charge on any atom is 0.303 e. The first-order valence-corrected chi connectivity index (χ1v) is 12.2. The maximum atomic E-state index is 12.8. The Kier molecular flexibility index (Phi) is 11.1. The van der Waals surface area contributed by atoms with E-state index in [9.17, 15) is 24.3 Å². The quantitative estimate of drug-likeness (QED) is 0.229. The summed E-state index contributed by atoms with van der Waals surface area (Å²) in [4.78, 5) is 47.6. The van der Waals surface area contributed by atoms with Gasteiger partial charge in [-0.15, -0.1) is 0 Å². The van der Waals surface area contributed by atoms with E-state index in [4.69, 9.17) is 23.7 Å². The van der Waals surface area contributed by atoms with Crippen molar-refractivity contribution in [3.63, 3.8) is 0 Å². The third kappa shape index (κ3) is 8.44. The molecule has 2 rings (SSSR count). The largest absolute Gasteiger partial charge is 0.493 e. The summed E-state index contributed by atoms with van der Waals surface area (Å²) in [6, 6.07) is 5.58. The van der Waals surface area contributed by atoms with Crippen molar-refractivity contribution in [1.29, 1.82) is 0 Å². The summed E-state index contributed by atoms with van der Waals surface area (Å²) in [5.74, 6) is -1.05. The highest BCUT2D eigenvalue weighted by molar-refractivity contribution is 6.09. The lowest BCUT2D eigenvalue weighted by atomic mass is 9.85. The van der Waals surface area contributed by atoms with Gasteiger partial charge in [-0.3, -0.25) is 19.2 Å². The first kappa shape index (κ1) is 30.6. The first-order chi connectivity index (χ1) is 17.9. The van der Waals surface area contributed by atoms with Crippen LogP contribution in [0.4, 0.5) is 0 Å². The van der Waals surface area contributed by atoms with Gasteiger partial charge in [-0.05, 0) is 56.0 Å². The van der Waals surface area contributed by atoms with Crippen molar-refractivity contribution >= 4 is 23.7 Å². The number of benzene rings is 1. The van der Waals surface area contributed by atoms with Crippen molar-refractivity contribution < 1.29 is 48.0 Å². The van der Waals surface area contributed by atoms with Crippen molar-refractivity contribution in [3.05, 3.63) is 47.1 Å². The normalized spacial score (nSPS) is 19.4. The molecule has 3 unspecified atom stereocenters. The van der Waals surface area contributed by atoms with Gasteiger partial charge in [0.1, 0.15) is 18.3 Å². The van der Waals surface area contributed by atoms with Gasteiger partial charge < -0.3 is 28.8 Å². The van der Waals surface area contributed by atoms with Crippen LogP contribution in [0.1, 0.15) is 52.5 Å². The average molecular weight is 533 g/mol. The van der Waals surface area contributed by atoms with E-state index in [1.54, 1.807) is 21.1 Å². The van der Waals surface area contributed by atoms with E-state index in [-0.39, 0.29) is 30.8 Å². The lowest BCUT2D eigenvalue weighted by molar-refractivity contribution is -0.172. The summed E-state index contributed by atoms with van der Waals surface area (Å²) >= 11 is 0. The Morgan fingerprint density at radius 3 is 2.13 bits per heavy atom. The molecule has 1 aromatic rings. The molecule has 0 bridgehead atoms. The molecule has 1 aromatic carbocycles. The zero-order chi connectivity index (χ0) is 28.5. The van der Waals surface area contributed by atoms with E-state index in [1.165, 1.54) is 32.9 Å². The molecule has 38 heavy (non-hydrogen) atoms. The zero-order valence-electron chi connectivity index (χ0n) is 22.7. The van der Waals surface area contributed by atoms with Crippen molar-refractivity contribution in [1.82, 2.24) is 0 Å². The van der Waals surface area contributed by atoms with Crippen molar-refractivity contribution in [2.75, 3.05) is 20.8 Å². The number of hydrogen-bond acceptors (Lipinski definition) is 10. The molecule has 208 valence electrons. The standard InChI is InChI=1S/C28H36O10/c1-17(14-25(37-19(3)30)26(38-20(4)31)16-36-18(2)29)27-22(32)11-13-28(27,33)12-7-8-21-9-10-23(34-5)24(15-21)35-6/h9-11,13,15,25-26,33H,7-8,12,14,16H2,1-6H3. The fourth-order valence-corrected chi connectivity index (χ4v) is 4.48. The second-order valence-electron chi connectivity index (χ2n) is 9.12. The number of methoxy groups -OCH3 is 2. The molecule has 0 amide bonds. The van der Waals surface area contributed by atoms with Crippen molar-refractivity contribution in [3.8, 4) is 11.5 Å². The number of aryl methyl sites for hydroxylation is 1. The van der Waals surface area contributed by atoms with E-state index in [1.807, 2.05) is 18.2 Å². The van der Waals surface area contributed by atoms with E-state index < -0.39 is 35.7 Å². The van der Waals surface area contributed by atoms with Crippen LogP contribution in [0, 0.1) is 0 Å². The van der Waals surface area contributed by atoms with E-state index >= 15 is 0 Å². The van der Waals surface area contributed by atoms with Gasteiger partial charge in [-0.2, -0.15) is 0 Å². The summed E-state index contributed by atoms with van der Waals surface area (Å²) < 4.78 is 26.2. The van der Waals surface area contributed by atoms with Crippen LogP contribution in [0.3, 0.4) is 0 Å². The van der Waals surface area contributed by atoms with Crippen LogP contribution in [-0.4, -0.2) is 67.4 Å². The van der Waals surface area contributed by atoms with Gasteiger partial charge in [-0.25, -0.2) is 0 Å². The Bertz CT molecular complexity index is 1100. The summed E-state index contributed by atoms with van der Waals surface area (Å²) in [7, 11) is 3.12. The summed E-state index contributed by atoms with van der Waals surface area (Å²) in [5, 5.41) is 11.4. The lowest BCUT2D eigenvalue weighted by Crippen LogP contribution is -2.39. The molecule has 1 aliphatic rings. The molecule has 0 heterocycles. The number of aliphatic hydroxyl groups is 1. The smallest absolute Gasteiger partial charge is 0.303 e. The molecule has 0 aromatic heterocycles. The molecule has 1 aliphatic carbocycles. The summed E-state index contributed by atoms with van der Waals surface area (Å²) in [5.41, 5.74) is 0.0907. The van der Waals surface area contributed by atoms with Crippen LogP contribution in [0.2, 0.25) is 0 Å². The molecule has 10 nitrogen and oxygen atoms in total. The first-order valence-electron chi connectivity index (χ1n) is 12.2. The number of rotatable bonds is 13. The predicted octanol–water partition coefficient (Wildman–Crippen LogP) is 3.03. The van der Waals surface area contributed by atoms with Crippen molar-refractivity contribution in [2.24, 2.45) is 0 Å². The van der Waals surface area contributed by atoms with Gasteiger partial charge in [-0.1, -0.05) is 11.6 Å². The minimum atomic E-state index is -1.52. The van der Waals surface area contributed by atoms with Gasteiger partial charge in [0.05, 0.1) is 14.2 Å². The molecule has 0 aliphatic heterocycles. The van der Waals surface area contributed by atoms with Crippen LogP contribution in [0.15, 0.2) is 41.5 Å². The number of ether oxygens (including phenoxy) is 5. The Labute approximate surface area is 222 Å². The number of carbonyl (C=O) groups is 4. The summed E-state index contributed by atoms with van der Waals surface area (Å²) in [6.45, 7) is 4.88. The number of carbonyl (C=O) groups excluding carboxylic acids is 4. The third-order valence-electron chi connectivity index (χ3n) is 6.10. The van der Waals surface area contributed by atoms with Gasteiger partial charge in [0.15, 0.2) is 23.4 Å². The molecular formula is C28H36O10. The third-order valence-corrected chi connectivity index (χ3v) is 6.10. The second-order valence-corrected chi connectivity index (χ2v) is 9.12. The number of esters is 3. The molecular weight excluding hydrogens is 496 g/mol. The Balaban J connectivity index is 2.24. The number of ketones is 1. The topological polar surface area (TPSA) is 135 Å². The maximum absolute atomic E-state index is 12.8. The molecule has 10 heteroatoms. The van der Waals surface area contributed by atoms with Gasteiger partial charge in [0, 0.05) is 32.8 Å². The van der Waals surface area contributed by atoms with Crippen molar-refractivity contribution in [2.45, 2.75) is 71.2 Å². The van der Waals surface area contributed by atoms with Gasteiger partial charge >= 0.3 is 17.9 Å². The highest BCUT2D eigenvalue weighted by atomic mass is 16.6. The summed E-state index contributed by atoms with van der Waals surface area (Å²) in [6.07, 6.45) is 2.03. The van der Waals surface area contributed by atoms with E-state index in [0.717, 1.165) is 5.56 Å². The number of hydrogen-bond donors (Lipinski definition) is 1. The zero-order valence-corrected chi connectivity index (χ0v) is 22.7. The molecule has 0 saturated carbocycles. The second kappa shape index (κ2) is 13.8. The molecule has 0 saturated heterocycles. The molecule has 3 atom stereocenters. The lowest BCUT2D eigenvalue weighted by Gasteiger charge is -2.29.